The molecule has 1 aliphatic heterocycles. The van der Waals surface area contributed by atoms with Crippen molar-refractivity contribution in [3.05, 3.63) is 28.8 Å². The van der Waals surface area contributed by atoms with Crippen LogP contribution in [0.3, 0.4) is 0 Å². The predicted molar refractivity (Wildman–Crippen MR) is 87.2 cm³/mol. The SMILES string of the molecule is CCC1CCCN(c2ccc(C(N)=S)c(Cl)c2)CC1. The summed E-state index contributed by atoms with van der Waals surface area (Å²) in [6.07, 6.45) is 5.15. The van der Waals surface area contributed by atoms with Crippen molar-refractivity contribution in [2.45, 2.75) is 32.6 Å². The van der Waals surface area contributed by atoms with Gasteiger partial charge in [0.05, 0.1) is 5.02 Å². The van der Waals surface area contributed by atoms with E-state index in [4.69, 9.17) is 29.6 Å². The van der Waals surface area contributed by atoms with Crippen LogP contribution in [0.5, 0.6) is 0 Å². The van der Waals surface area contributed by atoms with Gasteiger partial charge in [-0.25, -0.2) is 0 Å². The normalized spacial score (nSPS) is 20.1. The number of benzene rings is 1. The molecule has 1 atom stereocenters. The highest BCUT2D eigenvalue weighted by Crippen LogP contribution is 2.27. The van der Waals surface area contributed by atoms with Crippen molar-refractivity contribution >= 4 is 34.5 Å². The van der Waals surface area contributed by atoms with Crippen molar-refractivity contribution in [3.63, 3.8) is 0 Å². The lowest BCUT2D eigenvalue weighted by molar-refractivity contribution is 0.459. The molecule has 1 aliphatic rings. The van der Waals surface area contributed by atoms with Crippen LogP contribution in [0.15, 0.2) is 18.2 Å². The quantitative estimate of drug-likeness (QED) is 0.855. The maximum absolute atomic E-state index is 6.25. The molecule has 1 heterocycles. The lowest BCUT2D eigenvalue weighted by Crippen LogP contribution is -2.24. The zero-order chi connectivity index (χ0) is 13.8. The highest BCUT2D eigenvalue weighted by atomic mass is 35.5. The molecule has 2 nitrogen and oxygen atoms in total. The van der Waals surface area contributed by atoms with Gasteiger partial charge in [-0.05, 0) is 43.4 Å². The Balaban J connectivity index is 2.13. The summed E-state index contributed by atoms with van der Waals surface area (Å²) >= 11 is 11.2. The Morgan fingerprint density at radius 2 is 2.21 bits per heavy atom. The first-order valence-corrected chi connectivity index (χ1v) is 7.74. The lowest BCUT2D eigenvalue weighted by atomic mass is 9.98. The third-order valence-corrected chi connectivity index (χ3v) is 4.54. The Hall–Kier alpha value is -0.800. The van der Waals surface area contributed by atoms with Crippen molar-refractivity contribution in [2.24, 2.45) is 11.7 Å². The summed E-state index contributed by atoms with van der Waals surface area (Å²) < 4.78 is 0. The molecule has 104 valence electrons. The minimum atomic E-state index is 0.360. The van der Waals surface area contributed by atoms with Crippen LogP contribution in [0.1, 0.15) is 38.2 Å². The topological polar surface area (TPSA) is 29.3 Å². The summed E-state index contributed by atoms with van der Waals surface area (Å²) in [4.78, 5) is 2.78. The number of thiocarbonyl (C=S) groups is 1. The second kappa shape index (κ2) is 6.58. The van der Waals surface area contributed by atoms with Crippen LogP contribution in [0.2, 0.25) is 5.02 Å². The fourth-order valence-electron chi connectivity index (χ4n) is 2.73. The van der Waals surface area contributed by atoms with E-state index >= 15 is 0 Å². The van der Waals surface area contributed by atoms with Gasteiger partial charge in [-0.2, -0.15) is 0 Å². The molecule has 1 aromatic carbocycles. The molecule has 1 saturated heterocycles. The van der Waals surface area contributed by atoms with Crippen molar-refractivity contribution in [1.82, 2.24) is 0 Å². The Morgan fingerprint density at radius 3 is 2.84 bits per heavy atom. The first-order chi connectivity index (χ1) is 9.11. The minimum Gasteiger partial charge on any atom is -0.389 e. The number of hydrogen-bond acceptors (Lipinski definition) is 2. The number of rotatable bonds is 3. The largest absolute Gasteiger partial charge is 0.389 e. The van der Waals surface area contributed by atoms with E-state index in [0.29, 0.717) is 10.0 Å². The van der Waals surface area contributed by atoms with Crippen LogP contribution in [-0.2, 0) is 0 Å². The first kappa shape index (κ1) is 14.6. The molecule has 0 radical (unpaired) electrons. The molecule has 0 spiro atoms. The molecule has 0 aliphatic carbocycles. The molecular formula is C15H21ClN2S. The molecular weight excluding hydrogens is 276 g/mol. The number of halogens is 1. The van der Waals surface area contributed by atoms with Crippen LogP contribution in [0.4, 0.5) is 5.69 Å². The molecule has 0 amide bonds. The van der Waals surface area contributed by atoms with Crippen LogP contribution in [0.25, 0.3) is 0 Å². The molecule has 19 heavy (non-hydrogen) atoms. The monoisotopic (exact) mass is 296 g/mol. The molecule has 1 unspecified atom stereocenters. The van der Waals surface area contributed by atoms with Crippen LogP contribution in [-0.4, -0.2) is 18.1 Å². The van der Waals surface area contributed by atoms with Gasteiger partial charge in [-0.3, -0.25) is 0 Å². The maximum Gasteiger partial charge on any atom is 0.105 e. The smallest absolute Gasteiger partial charge is 0.105 e. The third kappa shape index (κ3) is 3.61. The summed E-state index contributed by atoms with van der Waals surface area (Å²) in [5.74, 6) is 0.872. The molecule has 1 aromatic rings. The molecule has 4 heteroatoms. The molecule has 2 N–H and O–H groups in total. The Labute approximate surface area is 125 Å². The van der Waals surface area contributed by atoms with Gasteiger partial charge >= 0.3 is 0 Å². The van der Waals surface area contributed by atoms with Gasteiger partial charge in [-0.1, -0.05) is 37.2 Å². The third-order valence-electron chi connectivity index (χ3n) is 4.01. The average Bonchev–Trinajstić information content (AvgIpc) is 2.63. The van der Waals surface area contributed by atoms with Crippen molar-refractivity contribution in [1.29, 1.82) is 0 Å². The van der Waals surface area contributed by atoms with E-state index in [1.807, 2.05) is 12.1 Å². The summed E-state index contributed by atoms with van der Waals surface area (Å²) in [5, 5.41) is 0.654. The second-order valence-corrected chi connectivity index (χ2v) is 6.07. The summed E-state index contributed by atoms with van der Waals surface area (Å²) in [7, 11) is 0. The van der Waals surface area contributed by atoms with Crippen molar-refractivity contribution in [3.8, 4) is 0 Å². The highest BCUT2D eigenvalue weighted by Gasteiger charge is 2.16. The van der Waals surface area contributed by atoms with E-state index in [2.05, 4.69) is 17.9 Å². The zero-order valence-corrected chi connectivity index (χ0v) is 12.9. The molecule has 0 saturated carbocycles. The van der Waals surface area contributed by atoms with E-state index < -0.39 is 0 Å². The van der Waals surface area contributed by atoms with E-state index in [9.17, 15) is 0 Å². The zero-order valence-electron chi connectivity index (χ0n) is 11.4. The molecule has 0 bridgehead atoms. The van der Waals surface area contributed by atoms with Gasteiger partial charge in [0.15, 0.2) is 0 Å². The van der Waals surface area contributed by atoms with E-state index in [1.165, 1.54) is 31.4 Å². The fourth-order valence-corrected chi connectivity index (χ4v) is 3.24. The Bertz CT molecular complexity index is 461. The Kier molecular flexibility index (Phi) is 5.06. The number of nitrogens with zero attached hydrogens (tertiary/aromatic N) is 1. The lowest BCUT2D eigenvalue weighted by Gasteiger charge is -2.23. The van der Waals surface area contributed by atoms with Crippen LogP contribution >= 0.6 is 23.8 Å². The fraction of sp³-hybridized carbons (Fsp3) is 0.533. The van der Waals surface area contributed by atoms with Crippen LogP contribution < -0.4 is 10.6 Å². The summed E-state index contributed by atoms with van der Waals surface area (Å²) in [6.45, 7) is 4.51. The second-order valence-electron chi connectivity index (χ2n) is 5.22. The van der Waals surface area contributed by atoms with Gasteiger partial charge in [0.1, 0.15) is 4.99 Å². The summed E-state index contributed by atoms with van der Waals surface area (Å²) in [6, 6.07) is 6.00. The van der Waals surface area contributed by atoms with Crippen molar-refractivity contribution in [2.75, 3.05) is 18.0 Å². The van der Waals surface area contributed by atoms with Gasteiger partial charge in [0, 0.05) is 24.3 Å². The van der Waals surface area contributed by atoms with E-state index in [0.717, 1.165) is 24.6 Å². The van der Waals surface area contributed by atoms with E-state index in [-0.39, 0.29) is 0 Å². The number of hydrogen-bond donors (Lipinski definition) is 1. The molecule has 1 fully saturated rings. The summed E-state index contributed by atoms with van der Waals surface area (Å²) in [5.41, 5.74) is 7.59. The van der Waals surface area contributed by atoms with Crippen LogP contribution in [0, 0.1) is 5.92 Å². The maximum atomic E-state index is 6.25. The number of nitrogens with two attached hydrogens (primary N) is 1. The van der Waals surface area contributed by atoms with Gasteiger partial charge in [-0.15, -0.1) is 0 Å². The minimum absolute atomic E-state index is 0.360. The first-order valence-electron chi connectivity index (χ1n) is 6.96. The van der Waals surface area contributed by atoms with Gasteiger partial charge < -0.3 is 10.6 Å². The molecule has 0 aromatic heterocycles. The van der Waals surface area contributed by atoms with Gasteiger partial charge in [0.2, 0.25) is 0 Å². The van der Waals surface area contributed by atoms with Gasteiger partial charge in [0.25, 0.3) is 0 Å². The van der Waals surface area contributed by atoms with E-state index in [1.54, 1.807) is 0 Å². The standard InChI is InChI=1S/C15H21ClN2S/c1-2-11-4-3-8-18(9-7-11)12-5-6-13(15(17)19)14(16)10-12/h5-6,10-11H,2-4,7-9H2,1H3,(H2,17,19). The molecule has 2 rings (SSSR count). The average molecular weight is 297 g/mol. The van der Waals surface area contributed by atoms with Crippen molar-refractivity contribution < 1.29 is 0 Å². The highest BCUT2D eigenvalue weighted by molar-refractivity contribution is 7.80. The predicted octanol–water partition coefficient (Wildman–Crippen LogP) is 3.99. The number of anilines is 1. The Morgan fingerprint density at radius 1 is 1.42 bits per heavy atom.